The molecule has 0 fully saturated rings. The third-order valence-electron chi connectivity index (χ3n) is 2.56. The second-order valence-electron chi connectivity index (χ2n) is 3.93. The minimum absolute atomic E-state index is 0.142. The van der Waals surface area contributed by atoms with Gasteiger partial charge in [-0.2, -0.15) is 0 Å². The molecule has 0 aliphatic carbocycles. The van der Waals surface area contributed by atoms with Gasteiger partial charge in [0.1, 0.15) is 10.6 Å². The van der Waals surface area contributed by atoms with Crippen LogP contribution in [-0.2, 0) is 13.8 Å². The summed E-state index contributed by atoms with van der Waals surface area (Å²) in [5.41, 5.74) is 0.568. The van der Waals surface area contributed by atoms with Crippen molar-refractivity contribution in [3.8, 4) is 5.75 Å². The van der Waals surface area contributed by atoms with Crippen LogP contribution < -0.4 is 10.1 Å². The van der Waals surface area contributed by atoms with Crippen LogP contribution in [0.15, 0.2) is 23.1 Å². The number of benzene rings is 1. The van der Waals surface area contributed by atoms with E-state index in [1.165, 1.54) is 19.2 Å². The average molecular weight is 322 g/mol. The number of nitrogens with one attached hydrogen (secondary N) is 1. The van der Waals surface area contributed by atoms with E-state index in [9.17, 15) is 13.2 Å². The van der Waals surface area contributed by atoms with Crippen molar-refractivity contribution in [3.05, 3.63) is 23.8 Å². The predicted octanol–water partition coefficient (Wildman–Crippen LogP) is 2.43. The molecule has 112 valence electrons. The second kappa shape index (κ2) is 6.81. The topological polar surface area (TPSA) is 81.7 Å². The zero-order valence-electron chi connectivity index (χ0n) is 11.3. The van der Waals surface area contributed by atoms with Crippen molar-refractivity contribution in [2.75, 3.05) is 13.7 Å². The standard InChI is InChI=1S/C12H16ClNO5S/c1-4-19-12(15)14-8(2)9-5-6-10(18-3)11(7-9)20(13,16)17/h5-8H,4H2,1-3H3,(H,14,15). The van der Waals surface area contributed by atoms with Gasteiger partial charge in [-0.25, -0.2) is 13.2 Å². The van der Waals surface area contributed by atoms with Gasteiger partial charge in [-0.15, -0.1) is 0 Å². The van der Waals surface area contributed by atoms with Crippen LogP contribution in [0.1, 0.15) is 25.5 Å². The van der Waals surface area contributed by atoms with E-state index in [2.05, 4.69) is 5.32 Å². The van der Waals surface area contributed by atoms with E-state index in [1.807, 2.05) is 0 Å². The summed E-state index contributed by atoms with van der Waals surface area (Å²) in [6.07, 6.45) is -0.578. The van der Waals surface area contributed by atoms with Crippen molar-refractivity contribution in [2.45, 2.75) is 24.8 Å². The summed E-state index contributed by atoms with van der Waals surface area (Å²) in [5.74, 6) is 0.145. The molecule has 0 heterocycles. The largest absolute Gasteiger partial charge is 0.495 e. The molecule has 1 rings (SSSR count). The highest BCUT2D eigenvalue weighted by molar-refractivity contribution is 8.13. The van der Waals surface area contributed by atoms with E-state index in [0.29, 0.717) is 5.56 Å². The highest BCUT2D eigenvalue weighted by atomic mass is 35.7. The van der Waals surface area contributed by atoms with Crippen molar-refractivity contribution in [1.29, 1.82) is 0 Å². The van der Waals surface area contributed by atoms with E-state index in [4.69, 9.17) is 20.2 Å². The van der Waals surface area contributed by atoms with E-state index in [0.717, 1.165) is 0 Å². The van der Waals surface area contributed by atoms with Crippen molar-refractivity contribution in [3.63, 3.8) is 0 Å². The molecule has 1 aromatic carbocycles. The van der Waals surface area contributed by atoms with Crippen molar-refractivity contribution in [2.24, 2.45) is 0 Å². The fourth-order valence-corrected chi connectivity index (χ4v) is 2.62. The fourth-order valence-electron chi connectivity index (χ4n) is 1.59. The number of amides is 1. The first-order valence-electron chi connectivity index (χ1n) is 5.85. The number of halogens is 1. The van der Waals surface area contributed by atoms with Gasteiger partial charge in [0.2, 0.25) is 0 Å². The normalized spacial score (nSPS) is 12.6. The summed E-state index contributed by atoms with van der Waals surface area (Å²) in [6.45, 7) is 3.64. The smallest absolute Gasteiger partial charge is 0.407 e. The maximum absolute atomic E-state index is 11.5. The molecule has 20 heavy (non-hydrogen) atoms. The minimum atomic E-state index is -3.94. The van der Waals surface area contributed by atoms with Crippen LogP contribution in [0.25, 0.3) is 0 Å². The zero-order chi connectivity index (χ0) is 15.3. The Morgan fingerprint density at radius 1 is 1.45 bits per heavy atom. The van der Waals surface area contributed by atoms with Gasteiger partial charge in [-0.1, -0.05) is 6.07 Å². The number of methoxy groups -OCH3 is 1. The highest BCUT2D eigenvalue weighted by Crippen LogP contribution is 2.29. The zero-order valence-corrected chi connectivity index (χ0v) is 12.9. The average Bonchev–Trinajstić information content (AvgIpc) is 2.37. The summed E-state index contributed by atoms with van der Waals surface area (Å²) in [7, 11) is 2.77. The first kappa shape index (κ1) is 16.6. The van der Waals surface area contributed by atoms with Gasteiger partial charge in [0.05, 0.1) is 19.8 Å². The van der Waals surface area contributed by atoms with Gasteiger partial charge >= 0.3 is 6.09 Å². The Balaban J connectivity index is 3.06. The van der Waals surface area contributed by atoms with Gasteiger partial charge in [0, 0.05) is 10.7 Å². The van der Waals surface area contributed by atoms with E-state index < -0.39 is 21.2 Å². The summed E-state index contributed by atoms with van der Waals surface area (Å²) in [4.78, 5) is 11.2. The Hall–Kier alpha value is -1.47. The lowest BCUT2D eigenvalue weighted by molar-refractivity contribution is 0.149. The lowest BCUT2D eigenvalue weighted by Gasteiger charge is -2.15. The van der Waals surface area contributed by atoms with E-state index in [1.54, 1.807) is 19.9 Å². The summed E-state index contributed by atoms with van der Waals surface area (Å²) >= 11 is 0. The van der Waals surface area contributed by atoms with Gasteiger partial charge in [0.25, 0.3) is 9.05 Å². The van der Waals surface area contributed by atoms with Crippen LogP contribution in [0, 0.1) is 0 Å². The van der Waals surface area contributed by atoms with Crippen molar-refractivity contribution in [1.82, 2.24) is 5.32 Å². The number of ether oxygens (including phenoxy) is 2. The SMILES string of the molecule is CCOC(=O)NC(C)c1ccc(OC)c(S(=O)(=O)Cl)c1. The van der Waals surface area contributed by atoms with Crippen LogP contribution in [0.2, 0.25) is 0 Å². The fraction of sp³-hybridized carbons (Fsp3) is 0.417. The number of rotatable bonds is 5. The molecule has 0 aliphatic heterocycles. The Kier molecular flexibility index (Phi) is 5.64. The molecular weight excluding hydrogens is 306 g/mol. The summed E-state index contributed by atoms with van der Waals surface area (Å²) in [5, 5.41) is 2.57. The molecule has 1 amide bonds. The molecule has 1 atom stereocenters. The van der Waals surface area contributed by atoms with Crippen LogP contribution in [0.3, 0.4) is 0 Å². The molecule has 0 aliphatic rings. The van der Waals surface area contributed by atoms with Crippen LogP contribution in [-0.4, -0.2) is 28.2 Å². The predicted molar refractivity (Wildman–Crippen MR) is 74.6 cm³/mol. The third-order valence-corrected chi connectivity index (χ3v) is 3.90. The third kappa shape index (κ3) is 4.28. The maximum Gasteiger partial charge on any atom is 0.407 e. The van der Waals surface area contributed by atoms with Gasteiger partial charge < -0.3 is 14.8 Å². The maximum atomic E-state index is 11.5. The number of hydrogen-bond acceptors (Lipinski definition) is 5. The first-order chi connectivity index (χ1) is 9.29. The van der Waals surface area contributed by atoms with Crippen molar-refractivity contribution >= 4 is 25.8 Å². The first-order valence-corrected chi connectivity index (χ1v) is 8.16. The van der Waals surface area contributed by atoms with Gasteiger partial charge in [-0.05, 0) is 31.5 Å². The molecule has 0 aromatic heterocycles. The number of alkyl carbamates (subject to hydrolysis) is 1. The summed E-state index contributed by atoms with van der Waals surface area (Å²) in [6, 6.07) is 4.05. The Morgan fingerprint density at radius 2 is 2.10 bits per heavy atom. The number of carbonyl (C=O) groups is 1. The summed E-state index contributed by atoms with van der Waals surface area (Å²) < 4.78 is 32.7. The lowest BCUT2D eigenvalue weighted by Crippen LogP contribution is -2.27. The van der Waals surface area contributed by atoms with E-state index in [-0.39, 0.29) is 17.3 Å². The molecule has 8 heteroatoms. The Bertz CT molecular complexity index is 588. The molecule has 0 radical (unpaired) electrons. The molecule has 1 N–H and O–H groups in total. The Morgan fingerprint density at radius 3 is 2.60 bits per heavy atom. The van der Waals surface area contributed by atoms with Crippen LogP contribution in [0.5, 0.6) is 5.75 Å². The van der Waals surface area contributed by atoms with E-state index >= 15 is 0 Å². The molecule has 1 aromatic rings. The number of hydrogen-bond donors (Lipinski definition) is 1. The molecule has 0 spiro atoms. The van der Waals surface area contributed by atoms with Gasteiger partial charge in [0.15, 0.2) is 0 Å². The van der Waals surface area contributed by atoms with Crippen LogP contribution >= 0.6 is 10.7 Å². The minimum Gasteiger partial charge on any atom is -0.495 e. The lowest BCUT2D eigenvalue weighted by atomic mass is 10.1. The molecule has 6 nitrogen and oxygen atoms in total. The van der Waals surface area contributed by atoms with Crippen molar-refractivity contribution < 1.29 is 22.7 Å². The molecule has 0 bridgehead atoms. The monoisotopic (exact) mass is 321 g/mol. The molecule has 0 saturated heterocycles. The quantitative estimate of drug-likeness (QED) is 0.842. The molecular formula is C12H16ClNO5S. The number of carbonyl (C=O) groups excluding carboxylic acids is 1. The van der Waals surface area contributed by atoms with Crippen LogP contribution in [0.4, 0.5) is 4.79 Å². The molecule has 1 unspecified atom stereocenters. The highest BCUT2D eigenvalue weighted by Gasteiger charge is 2.19. The Labute approximate surface area is 122 Å². The second-order valence-corrected chi connectivity index (χ2v) is 6.47. The van der Waals surface area contributed by atoms with Gasteiger partial charge in [-0.3, -0.25) is 0 Å². The molecule has 0 saturated carbocycles.